The standard InChI is InChI=1S/C17H15ClN2O4S/c1-10-3-4-13(18)14(7-10)23-9-15(21)24-11(2)16(22)20-17-12(8-19)5-6-25-17/h3-7,11H,9H2,1-2H3,(H,20,22)/t11-/m1/s1. The number of ether oxygens (including phenoxy) is 2. The lowest BCUT2D eigenvalue weighted by Gasteiger charge is -2.14. The molecule has 0 spiro atoms. The Labute approximate surface area is 153 Å². The molecule has 0 saturated carbocycles. The molecule has 0 aliphatic carbocycles. The molecule has 1 aromatic carbocycles. The average molecular weight is 379 g/mol. The van der Waals surface area contributed by atoms with Crippen LogP contribution in [-0.2, 0) is 14.3 Å². The third-order valence-corrected chi connectivity index (χ3v) is 4.27. The van der Waals surface area contributed by atoms with E-state index < -0.39 is 18.0 Å². The Balaban J connectivity index is 1.86. The summed E-state index contributed by atoms with van der Waals surface area (Å²) < 4.78 is 10.4. The molecule has 2 rings (SSSR count). The molecular formula is C17H15ClN2O4S. The molecule has 0 aliphatic rings. The predicted molar refractivity (Wildman–Crippen MR) is 94.9 cm³/mol. The Morgan fingerprint density at radius 2 is 2.16 bits per heavy atom. The Kier molecular flexibility index (Phi) is 6.39. The molecule has 2 aromatic rings. The van der Waals surface area contributed by atoms with Gasteiger partial charge in [-0.2, -0.15) is 5.26 Å². The maximum absolute atomic E-state index is 12.0. The normalized spacial score (nSPS) is 11.3. The minimum atomic E-state index is -1.03. The van der Waals surface area contributed by atoms with Crippen LogP contribution < -0.4 is 10.1 Å². The van der Waals surface area contributed by atoms with Gasteiger partial charge < -0.3 is 14.8 Å². The van der Waals surface area contributed by atoms with Crippen molar-refractivity contribution in [3.05, 3.63) is 45.8 Å². The fourth-order valence-electron chi connectivity index (χ4n) is 1.85. The lowest BCUT2D eigenvalue weighted by Crippen LogP contribution is -2.31. The van der Waals surface area contributed by atoms with E-state index in [2.05, 4.69) is 5.32 Å². The van der Waals surface area contributed by atoms with Crippen molar-refractivity contribution in [2.75, 3.05) is 11.9 Å². The quantitative estimate of drug-likeness (QED) is 0.777. The summed E-state index contributed by atoms with van der Waals surface area (Å²) in [5, 5.41) is 14.0. The number of carbonyl (C=O) groups excluding carboxylic acids is 2. The fraction of sp³-hybridized carbons (Fsp3) is 0.235. The highest BCUT2D eigenvalue weighted by Crippen LogP contribution is 2.25. The summed E-state index contributed by atoms with van der Waals surface area (Å²) in [5.74, 6) is -0.860. The highest BCUT2D eigenvalue weighted by atomic mass is 35.5. The molecule has 1 heterocycles. The number of hydrogen-bond acceptors (Lipinski definition) is 6. The molecule has 0 bridgehead atoms. The summed E-state index contributed by atoms with van der Waals surface area (Å²) in [4.78, 5) is 23.9. The minimum Gasteiger partial charge on any atom is -0.480 e. The van der Waals surface area contributed by atoms with Crippen LogP contribution in [0.3, 0.4) is 0 Å². The molecule has 0 radical (unpaired) electrons. The highest BCUT2D eigenvalue weighted by molar-refractivity contribution is 7.14. The molecule has 0 aliphatic heterocycles. The van der Waals surface area contributed by atoms with Crippen molar-refractivity contribution in [1.82, 2.24) is 0 Å². The first-order chi connectivity index (χ1) is 11.9. The zero-order valence-electron chi connectivity index (χ0n) is 13.5. The number of nitrogens with zero attached hydrogens (tertiary/aromatic N) is 1. The summed E-state index contributed by atoms with van der Waals surface area (Å²) in [7, 11) is 0. The first-order valence-electron chi connectivity index (χ1n) is 7.27. The van der Waals surface area contributed by atoms with Gasteiger partial charge in [0.25, 0.3) is 5.91 Å². The van der Waals surface area contributed by atoms with E-state index in [1.807, 2.05) is 19.1 Å². The lowest BCUT2D eigenvalue weighted by atomic mass is 10.2. The first-order valence-corrected chi connectivity index (χ1v) is 8.53. The van der Waals surface area contributed by atoms with Crippen LogP contribution in [0.4, 0.5) is 5.00 Å². The molecular weight excluding hydrogens is 364 g/mol. The summed E-state index contributed by atoms with van der Waals surface area (Å²) in [6.07, 6.45) is -1.03. The smallest absolute Gasteiger partial charge is 0.344 e. The van der Waals surface area contributed by atoms with Crippen molar-refractivity contribution in [2.24, 2.45) is 0 Å². The van der Waals surface area contributed by atoms with Gasteiger partial charge in [-0.15, -0.1) is 11.3 Å². The van der Waals surface area contributed by atoms with E-state index >= 15 is 0 Å². The molecule has 130 valence electrons. The van der Waals surface area contributed by atoms with Gasteiger partial charge in [0, 0.05) is 0 Å². The Bertz CT molecular complexity index is 828. The van der Waals surface area contributed by atoms with Gasteiger partial charge in [-0.05, 0) is 43.0 Å². The Morgan fingerprint density at radius 3 is 2.88 bits per heavy atom. The van der Waals surface area contributed by atoms with E-state index in [-0.39, 0.29) is 6.61 Å². The van der Waals surface area contributed by atoms with Crippen molar-refractivity contribution in [3.63, 3.8) is 0 Å². The molecule has 0 unspecified atom stereocenters. The molecule has 6 nitrogen and oxygen atoms in total. The van der Waals surface area contributed by atoms with Gasteiger partial charge >= 0.3 is 5.97 Å². The summed E-state index contributed by atoms with van der Waals surface area (Å²) >= 11 is 7.19. The van der Waals surface area contributed by atoms with E-state index in [9.17, 15) is 9.59 Å². The second-order valence-corrected chi connectivity index (χ2v) is 6.44. The third kappa shape index (κ3) is 5.21. The molecule has 25 heavy (non-hydrogen) atoms. The first kappa shape index (κ1) is 18.8. The predicted octanol–water partition coefficient (Wildman–Crippen LogP) is 3.53. The zero-order chi connectivity index (χ0) is 18.4. The van der Waals surface area contributed by atoms with Crippen LogP contribution in [0.25, 0.3) is 0 Å². The van der Waals surface area contributed by atoms with Crippen LogP contribution in [0.5, 0.6) is 5.75 Å². The monoisotopic (exact) mass is 378 g/mol. The second-order valence-electron chi connectivity index (χ2n) is 5.12. The van der Waals surface area contributed by atoms with Crippen molar-refractivity contribution in [1.29, 1.82) is 5.26 Å². The number of nitrogens with one attached hydrogen (secondary N) is 1. The highest BCUT2D eigenvalue weighted by Gasteiger charge is 2.20. The van der Waals surface area contributed by atoms with Crippen molar-refractivity contribution in [3.8, 4) is 11.8 Å². The number of amides is 1. The molecule has 0 fully saturated rings. The van der Waals surface area contributed by atoms with Crippen molar-refractivity contribution in [2.45, 2.75) is 20.0 Å². The number of halogens is 1. The van der Waals surface area contributed by atoms with Gasteiger partial charge in [0.1, 0.15) is 16.8 Å². The van der Waals surface area contributed by atoms with Crippen LogP contribution in [0.2, 0.25) is 5.02 Å². The average Bonchev–Trinajstić information content (AvgIpc) is 3.02. The number of carbonyl (C=O) groups is 2. The topological polar surface area (TPSA) is 88.4 Å². The van der Waals surface area contributed by atoms with Gasteiger partial charge in [0.2, 0.25) is 0 Å². The zero-order valence-corrected chi connectivity index (χ0v) is 15.1. The molecule has 0 saturated heterocycles. The van der Waals surface area contributed by atoms with E-state index in [1.165, 1.54) is 18.3 Å². The van der Waals surface area contributed by atoms with E-state index in [4.69, 9.17) is 26.3 Å². The van der Waals surface area contributed by atoms with Crippen LogP contribution >= 0.6 is 22.9 Å². The number of aryl methyl sites for hydroxylation is 1. The molecule has 1 aromatic heterocycles. The molecule has 1 amide bonds. The second kappa shape index (κ2) is 8.51. The van der Waals surface area contributed by atoms with Gasteiger partial charge in [0.05, 0.1) is 10.6 Å². The van der Waals surface area contributed by atoms with Crippen molar-refractivity contribution >= 4 is 39.8 Å². The van der Waals surface area contributed by atoms with Crippen LogP contribution in [0, 0.1) is 18.3 Å². The lowest BCUT2D eigenvalue weighted by molar-refractivity contribution is -0.155. The maximum atomic E-state index is 12.0. The maximum Gasteiger partial charge on any atom is 0.344 e. The summed E-state index contributed by atoms with van der Waals surface area (Å²) in [5.41, 5.74) is 1.29. The number of nitriles is 1. The fourth-order valence-corrected chi connectivity index (χ4v) is 2.76. The SMILES string of the molecule is Cc1ccc(Cl)c(OCC(=O)O[C@H](C)C(=O)Nc2sccc2C#N)c1. The van der Waals surface area contributed by atoms with E-state index in [0.29, 0.717) is 21.3 Å². The Morgan fingerprint density at radius 1 is 1.40 bits per heavy atom. The van der Waals surface area contributed by atoms with Gasteiger partial charge in [-0.3, -0.25) is 4.79 Å². The number of anilines is 1. The van der Waals surface area contributed by atoms with E-state index in [1.54, 1.807) is 23.6 Å². The number of esters is 1. The van der Waals surface area contributed by atoms with Crippen LogP contribution in [0.15, 0.2) is 29.6 Å². The summed E-state index contributed by atoms with van der Waals surface area (Å²) in [6.45, 7) is 2.93. The van der Waals surface area contributed by atoms with Gasteiger partial charge in [-0.1, -0.05) is 17.7 Å². The molecule has 8 heteroatoms. The Hall–Kier alpha value is -2.56. The summed E-state index contributed by atoms with van der Waals surface area (Å²) in [6, 6.07) is 8.75. The number of rotatable bonds is 6. The number of thiophene rings is 1. The van der Waals surface area contributed by atoms with Gasteiger partial charge in [-0.25, -0.2) is 4.79 Å². The van der Waals surface area contributed by atoms with Crippen LogP contribution in [0.1, 0.15) is 18.1 Å². The van der Waals surface area contributed by atoms with Crippen molar-refractivity contribution < 1.29 is 19.1 Å². The minimum absolute atomic E-state index is 0.356. The molecule has 1 N–H and O–H groups in total. The van der Waals surface area contributed by atoms with E-state index in [0.717, 1.165) is 5.56 Å². The molecule has 1 atom stereocenters. The number of benzene rings is 1. The largest absolute Gasteiger partial charge is 0.480 e. The van der Waals surface area contributed by atoms with Crippen LogP contribution in [-0.4, -0.2) is 24.6 Å². The number of hydrogen-bond donors (Lipinski definition) is 1. The van der Waals surface area contributed by atoms with Gasteiger partial charge in [0.15, 0.2) is 12.7 Å². The third-order valence-electron chi connectivity index (χ3n) is 3.13.